The Balaban J connectivity index is 1.89. The first kappa shape index (κ1) is 20.3. The maximum atomic E-state index is 12.1. The van der Waals surface area contributed by atoms with Crippen molar-refractivity contribution >= 4 is 46.4 Å². The number of carbonyl (C=O) groups is 2. The summed E-state index contributed by atoms with van der Waals surface area (Å²) in [5.41, 5.74) is 1.73. The van der Waals surface area contributed by atoms with Gasteiger partial charge in [0.2, 0.25) is 11.8 Å². The van der Waals surface area contributed by atoms with Gasteiger partial charge in [-0.15, -0.1) is 0 Å². The van der Waals surface area contributed by atoms with Crippen molar-refractivity contribution in [1.29, 1.82) is 0 Å². The van der Waals surface area contributed by atoms with E-state index in [2.05, 4.69) is 10.6 Å². The molecule has 0 saturated carbocycles. The van der Waals surface area contributed by atoms with E-state index in [0.717, 1.165) is 5.56 Å². The summed E-state index contributed by atoms with van der Waals surface area (Å²) in [6.45, 7) is 5.55. The average Bonchev–Trinajstić information content (AvgIpc) is 2.57. The van der Waals surface area contributed by atoms with Crippen LogP contribution < -0.4 is 10.6 Å². The van der Waals surface area contributed by atoms with Crippen molar-refractivity contribution < 1.29 is 9.59 Å². The molecule has 0 heterocycles. The summed E-state index contributed by atoms with van der Waals surface area (Å²) < 4.78 is 0. The van der Waals surface area contributed by atoms with Gasteiger partial charge in [-0.05, 0) is 42.3 Å². The summed E-state index contributed by atoms with van der Waals surface area (Å²) in [4.78, 5) is 24.1. The molecule has 2 aromatic carbocycles. The topological polar surface area (TPSA) is 58.2 Å². The van der Waals surface area contributed by atoms with Crippen molar-refractivity contribution in [2.45, 2.75) is 33.6 Å². The number of aryl methyl sites for hydroxylation is 1. The fourth-order valence-electron chi connectivity index (χ4n) is 2.17. The monoisotopic (exact) mass is 392 g/mol. The molecule has 0 aliphatic rings. The van der Waals surface area contributed by atoms with E-state index in [-0.39, 0.29) is 11.8 Å². The van der Waals surface area contributed by atoms with Crippen LogP contribution in [0.2, 0.25) is 10.0 Å². The summed E-state index contributed by atoms with van der Waals surface area (Å²) in [7, 11) is 0. The van der Waals surface area contributed by atoms with E-state index in [0.29, 0.717) is 34.3 Å². The number of nitrogens with one attached hydrogen (secondary N) is 2. The molecule has 2 aromatic rings. The van der Waals surface area contributed by atoms with Crippen LogP contribution in [-0.4, -0.2) is 11.8 Å². The molecule has 6 heteroatoms. The lowest BCUT2D eigenvalue weighted by atomic mass is 9.95. The van der Waals surface area contributed by atoms with Crippen molar-refractivity contribution in [2.24, 2.45) is 5.41 Å². The Kier molecular flexibility index (Phi) is 6.68. The first-order valence-corrected chi connectivity index (χ1v) is 9.06. The third-order valence-electron chi connectivity index (χ3n) is 3.76. The lowest BCUT2D eigenvalue weighted by Gasteiger charge is -2.17. The number of anilines is 2. The highest BCUT2D eigenvalue weighted by Crippen LogP contribution is 2.26. The number of benzene rings is 2. The summed E-state index contributed by atoms with van der Waals surface area (Å²) >= 11 is 12.1. The van der Waals surface area contributed by atoms with Crippen molar-refractivity contribution in [3.63, 3.8) is 0 Å². The highest BCUT2D eigenvalue weighted by Gasteiger charge is 2.21. The van der Waals surface area contributed by atoms with Gasteiger partial charge in [-0.1, -0.05) is 56.1 Å². The molecule has 0 aliphatic heterocycles. The number of hydrogen-bond donors (Lipinski definition) is 2. The second-order valence-electron chi connectivity index (χ2n) is 7.04. The summed E-state index contributed by atoms with van der Waals surface area (Å²) in [5.74, 6) is -0.180. The van der Waals surface area contributed by atoms with Crippen molar-refractivity contribution in [3.8, 4) is 0 Å². The molecule has 0 fully saturated rings. The van der Waals surface area contributed by atoms with Crippen LogP contribution >= 0.6 is 23.2 Å². The smallest absolute Gasteiger partial charge is 0.229 e. The van der Waals surface area contributed by atoms with Crippen LogP contribution in [0.5, 0.6) is 0 Å². The SMILES string of the molecule is CC(C)(C)C(=O)Nc1ccc(NC(=O)CCc2cccc(Cl)c2Cl)cc1. The van der Waals surface area contributed by atoms with Crippen LogP contribution in [0.25, 0.3) is 0 Å². The van der Waals surface area contributed by atoms with Crippen LogP contribution in [0, 0.1) is 5.41 Å². The first-order chi connectivity index (χ1) is 12.2. The van der Waals surface area contributed by atoms with Gasteiger partial charge in [0.1, 0.15) is 0 Å². The Labute approximate surface area is 163 Å². The predicted molar refractivity (Wildman–Crippen MR) is 108 cm³/mol. The van der Waals surface area contributed by atoms with Gasteiger partial charge in [-0.2, -0.15) is 0 Å². The predicted octanol–water partition coefficient (Wildman–Crippen LogP) is 5.55. The van der Waals surface area contributed by atoms with E-state index in [1.54, 1.807) is 30.3 Å². The quantitative estimate of drug-likeness (QED) is 0.700. The Hall–Kier alpha value is -2.04. The number of halogens is 2. The third kappa shape index (κ3) is 5.75. The molecular formula is C20H22Cl2N2O2. The Morgan fingerprint density at radius 3 is 2.08 bits per heavy atom. The van der Waals surface area contributed by atoms with E-state index in [4.69, 9.17) is 23.2 Å². The summed E-state index contributed by atoms with van der Waals surface area (Å²) in [6, 6.07) is 12.4. The molecule has 0 unspecified atom stereocenters. The number of amides is 2. The van der Waals surface area contributed by atoms with Crippen LogP contribution in [0.4, 0.5) is 11.4 Å². The highest BCUT2D eigenvalue weighted by molar-refractivity contribution is 6.42. The molecular weight excluding hydrogens is 371 g/mol. The van der Waals surface area contributed by atoms with Crippen LogP contribution in [0.3, 0.4) is 0 Å². The van der Waals surface area contributed by atoms with Gasteiger partial charge in [0.15, 0.2) is 0 Å². The molecule has 0 atom stereocenters. The maximum Gasteiger partial charge on any atom is 0.229 e. The zero-order valence-electron chi connectivity index (χ0n) is 15.0. The fraction of sp³-hybridized carbons (Fsp3) is 0.300. The number of carbonyl (C=O) groups excluding carboxylic acids is 2. The number of rotatable bonds is 5. The largest absolute Gasteiger partial charge is 0.326 e. The minimum absolute atomic E-state index is 0.0623. The normalized spacial score (nSPS) is 11.1. The second-order valence-corrected chi connectivity index (χ2v) is 7.83. The zero-order valence-corrected chi connectivity index (χ0v) is 16.5. The Bertz CT molecular complexity index is 796. The van der Waals surface area contributed by atoms with E-state index in [1.807, 2.05) is 32.9 Å². The van der Waals surface area contributed by atoms with E-state index in [9.17, 15) is 9.59 Å². The van der Waals surface area contributed by atoms with Crippen LogP contribution in [0.1, 0.15) is 32.8 Å². The van der Waals surface area contributed by atoms with Crippen LogP contribution in [-0.2, 0) is 16.0 Å². The molecule has 0 radical (unpaired) electrons. The van der Waals surface area contributed by atoms with Crippen molar-refractivity contribution in [2.75, 3.05) is 10.6 Å². The van der Waals surface area contributed by atoms with Gasteiger partial charge < -0.3 is 10.6 Å². The minimum atomic E-state index is -0.464. The lowest BCUT2D eigenvalue weighted by Crippen LogP contribution is -2.27. The molecule has 0 bridgehead atoms. The standard InChI is InChI=1S/C20H22Cl2N2O2/c1-20(2,3)19(26)24-15-10-8-14(9-11-15)23-17(25)12-7-13-5-4-6-16(21)18(13)22/h4-6,8-11H,7,12H2,1-3H3,(H,23,25)(H,24,26). The van der Waals surface area contributed by atoms with Gasteiger partial charge in [0.05, 0.1) is 10.0 Å². The Morgan fingerprint density at radius 1 is 0.923 bits per heavy atom. The molecule has 2 rings (SSSR count). The average molecular weight is 393 g/mol. The molecule has 2 amide bonds. The van der Waals surface area contributed by atoms with E-state index < -0.39 is 5.41 Å². The molecule has 26 heavy (non-hydrogen) atoms. The highest BCUT2D eigenvalue weighted by atomic mass is 35.5. The van der Waals surface area contributed by atoms with E-state index >= 15 is 0 Å². The molecule has 2 N–H and O–H groups in total. The molecule has 0 aromatic heterocycles. The third-order valence-corrected chi connectivity index (χ3v) is 4.62. The zero-order chi connectivity index (χ0) is 19.3. The van der Waals surface area contributed by atoms with Gasteiger partial charge >= 0.3 is 0 Å². The Morgan fingerprint density at radius 2 is 1.50 bits per heavy atom. The van der Waals surface area contributed by atoms with Gasteiger partial charge in [0.25, 0.3) is 0 Å². The van der Waals surface area contributed by atoms with E-state index in [1.165, 1.54) is 0 Å². The maximum absolute atomic E-state index is 12.1. The second kappa shape index (κ2) is 8.56. The molecule has 0 spiro atoms. The van der Waals surface area contributed by atoms with Crippen LogP contribution in [0.15, 0.2) is 42.5 Å². The van der Waals surface area contributed by atoms with Crippen molar-refractivity contribution in [1.82, 2.24) is 0 Å². The summed E-state index contributed by atoms with van der Waals surface area (Å²) in [5, 5.41) is 6.64. The first-order valence-electron chi connectivity index (χ1n) is 8.31. The van der Waals surface area contributed by atoms with Gasteiger partial charge in [-0.3, -0.25) is 9.59 Å². The summed E-state index contributed by atoms with van der Waals surface area (Å²) in [6.07, 6.45) is 0.799. The fourth-order valence-corrected chi connectivity index (χ4v) is 2.58. The lowest BCUT2D eigenvalue weighted by molar-refractivity contribution is -0.123. The van der Waals surface area contributed by atoms with Gasteiger partial charge in [-0.25, -0.2) is 0 Å². The number of hydrogen-bond acceptors (Lipinski definition) is 2. The molecule has 4 nitrogen and oxygen atoms in total. The minimum Gasteiger partial charge on any atom is -0.326 e. The van der Waals surface area contributed by atoms with Gasteiger partial charge in [0, 0.05) is 23.2 Å². The molecule has 0 saturated heterocycles. The van der Waals surface area contributed by atoms with Crippen molar-refractivity contribution in [3.05, 3.63) is 58.1 Å². The molecule has 138 valence electrons. The molecule has 0 aliphatic carbocycles.